The lowest BCUT2D eigenvalue weighted by Gasteiger charge is -2.22. The summed E-state index contributed by atoms with van der Waals surface area (Å²) < 4.78 is 29.1. The number of rotatable bonds is 4. The van der Waals surface area contributed by atoms with Gasteiger partial charge in [-0.3, -0.25) is 0 Å². The first kappa shape index (κ1) is 19.4. The topological polar surface area (TPSA) is 60.4 Å². The monoisotopic (exact) mass is 384 g/mol. The number of carbonyl (C=O) groups excluding carboxylic acids is 1. The summed E-state index contributed by atoms with van der Waals surface area (Å²) in [7, 11) is -3.28. The summed E-state index contributed by atoms with van der Waals surface area (Å²) in [6, 6.07) is 14.5. The molecular formula is C22H24O4S. The van der Waals surface area contributed by atoms with Gasteiger partial charge in [0.1, 0.15) is 5.60 Å². The van der Waals surface area contributed by atoms with Gasteiger partial charge in [-0.15, -0.1) is 0 Å². The Hall–Kier alpha value is -2.40. The molecule has 0 aromatic heterocycles. The van der Waals surface area contributed by atoms with Gasteiger partial charge in [0.25, 0.3) is 0 Å². The highest BCUT2D eigenvalue weighted by atomic mass is 32.2. The zero-order chi connectivity index (χ0) is 20.0. The fraction of sp³-hybridized carbons (Fsp3) is 0.318. The van der Waals surface area contributed by atoms with Gasteiger partial charge in [-0.2, -0.15) is 0 Å². The van der Waals surface area contributed by atoms with Crippen LogP contribution in [-0.2, 0) is 19.4 Å². The van der Waals surface area contributed by atoms with Gasteiger partial charge < -0.3 is 4.74 Å². The molecule has 0 unspecified atom stereocenters. The quantitative estimate of drug-likeness (QED) is 0.730. The third kappa shape index (κ3) is 3.69. The average Bonchev–Trinajstić information content (AvgIpc) is 2.82. The van der Waals surface area contributed by atoms with Crippen molar-refractivity contribution in [2.75, 3.05) is 6.26 Å². The maximum atomic E-state index is 12.6. The first-order valence-corrected chi connectivity index (χ1v) is 10.8. The van der Waals surface area contributed by atoms with Crippen LogP contribution >= 0.6 is 0 Å². The van der Waals surface area contributed by atoms with Crippen molar-refractivity contribution in [3.8, 4) is 0 Å². The Morgan fingerprint density at radius 3 is 1.89 bits per heavy atom. The number of carbonyl (C=O) groups is 1. The average molecular weight is 384 g/mol. The molecule has 0 atom stereocenters. The Balaban J connectivity index is 2.16. The van der Waals surface area contributed by atoms with E-state index in [1.807, 2.05) is 38.1 Å². The Bertz CT molecular complexity index is 1010. The van der Waals surface area contributed by atoms with E-state index in [2.05, 4.69) is 13.8 Å². The van der Waals surface area contributed by atoms with Crippen molar-refractivity contribution < 1.29 is 17.9 Å². The predicted molar refractivity (Wildman–Crippen MR) is 107 cm³/mol. The Labute approximate surface area is 160 Å². The lowest BCUT2D eigenvalue weighted by Crippen LogP contribution is -2.22. The fourth-order valence-corrected chi connectivity index (χ4v) is 4.02. The highest BCUT2D eigenvalue weighted by Crippen LogP contribution is 2.44. The highest BCUT2D eigenvalue weighted by Gasteiger charge is 2.41. The molecule has 4 nitrogen and oxygen atoms in total. The molecule has 3 rings (SSSR count). The first-order valence-electron chi connectivity index (χ1n) is 8.89. The van der Waals surface area contributed by atoms with Crippen LogP contribution in [0.25, 0.3) is 11.1 Å². The molecule has 0 saturated carbocycles. The number of cyclic esters (lactones) is 1. The largest absolute Gasteiger partial charge is 0.451 e. The standard InChI is InChI=1S/C22H24O4S/c1-14(2)15-6-8-16(9-7-15)19-20(22(3,4)26-21(19)23)17-10-12-18(13-11-17)27(5,24)25/h6-14H,1-5H3. The van der Waals surface area contributed by atoms with Gasteiger partial charge in [0.15, 0.2) is 9.84 Å². The third-order valence-electron chi connectivity index (χ3n) is 4.84. The molecule has 1 aliphatic heterocycles. The van der Waals surface area contributed by atoms with Crippen molar-refractivity contribution in [1.29, 1.82) is 0 Å². The molecule has 27 heavy (non-hydrogen) atoms. The summed E-state index contributed by atoms with van der Waals surface area (Å²) in [4.78, 5) is 12.9. The molecule has 1 aliphatic rings. The second-order valence-corrected chi connectivity index (χ2v) is 9.74. The van der Waals surface area contributed by atoms with Gasteiger partial charge in [0.2, 0.25) is 0 Å². The van der Waals surface area contributed by atoms with Gasteiger partial charge in [-0.1, -0.05) is 50.2 Å². The maximum absolute atomic E-state index is 12.6. The third-order valence-corrected chi connectivity index (χ3v) is 5.97. The SMILES string of the molecule is CC(C)c1ccc(C2=C(c3ccc(S(C)(=O)=O)cc3)C(C)(C)OC2=O)cc1. The molecule has 0 N–H and O–H groups in total. The van der Waals surface area contributed by atoms with Crippen LogP contribution in [0.1, 0.15) is 50.3 Å². The first-order chi connectivity index (χ1) is 12.5. The summed E-state index contributed by atoms with van der Waals surface area (Å²) in [5, 5.41) is 0. The predicted octanol–water partition coefficient (Wildman–Crippen LogP) is 4.46. The van der Waals surface area contributed by atoms with E-state index in [9.17, 15) is 13.2 Å². The van der Waals surface area contributed by atoms with Crippen LogP contribution in [0.3, 0.4) is 0 Å². The van der Waals surface area contributed by atoms with Crippen LogP contribution in [0.4, 0.5) is 0 Å². The zero-order valence-corrected chi connectivity index (χ0v) is 17.1. The molecule has 0 amide bonds. The highest BCUT2D eigenvalue weighted by molar-refractivity contribution is 7.90. The van der Waals surface area contributed by atoms with Crippen LogP contribution in [-0.4, -0.2) is 26.2 Å². The second-order valence-electron chi connectivity index (χ2n) is 7.72. The van der Waals surface area contributed by atoms with E-state index >= 15 is 0 Å². The molecule has 2 aromatic carbocycles. The van der Waals surface area contributed by atoms with E-state index in [0.29, 0.717) is 11.5 Å². The normalized spacial score (nSPS) is 16.7. The van der Waals surface area contributed by atoms with Crippen LogP contribution in [0.5, 0.6) is 0 Å². The summed E-state index contributed by atoms with van der Waals surface area (Å²) in [6.07, 6.45) is 1.18. The number of benzene rings is 2. The lowest BCUT2D eigenvalue weighted by molar-refractivity contribution is -0.141. The number of ether oxygens (including phenoxy) is 1. The number of hydrogen-bond acceptors (Lipinski definition) is 4. The maximum Gasteiger partial charge on any atom is 0.340 e. The van der Waals surface area contributed by atoms with Gasteiger partial charge in [-0.25, -0.2) is 13.2 Å². The molecule has 142 valence electrons. The molecule has 0 saturated heterocycles. The molecule has 0 bridgehead atoms. The summed E-state index contributed by atoms with van der Waals surface area (Å²) in [5.74, 6) is 0.0440. The van der Waals surface area contributed by atoms with Gasteiger partial charge >= 0.3 is 5.97 Å². The molecule has 0 radical (unpaired) electrons. The van der Waals surface area contributed by atoms with E-state index in [4.69, 9.17) is 4.74 Å². The number of esters is 1. The Morgan fingerprint density at radius 1 is 0.889 bits per heavy atom. The molecule has 0 aliphatic carbocycles. The van der Waals surface area contributed by atoms with Gasteiger partial charge in [0, 0.05) is 11.8 Å². The molecule has 5 heteroatoms. The van der Waals surface area contributed by atoms with Crippen LogP contribution < -0.4 is 0 Å². The van der Waals surface area contributed by atoms with Crippen LogP contribution in [0.2, 0.25) is 0 Å². The molecule has 0 spiro atoms. The Kier molecular flexibility index (Phi) is 4.76. The van der Waals surface area contributed by atoms with Gasteiger partial charge in [-0.05, 0) is 48.6 Å². The van der Waals surface area contributed by atoms with Crippen LogP contribution in [0.15, 0.2) is 53.4 Å². The van der Waals surface area contributed by atoms with Crippen molar-refractivity contribution >= 4 is 27.0 Å². The van der Waals surface area contributed by atoms with E-state index in [0.717, 1.165) is 16.7 Å². The van der Waals surface area contributed by atoms with Crippen molar-refractivity contribution in [3.05, 3.63) is 65.2 Å². The van der Waals surface area contributed by atoms with E-state index in [1.165, 1.54) is 11.8 Å². The molecule has 1 heterocycles. The minimum atomic E-state index is -3.28. The van der Waals surface area contributed by atoms with Crippen molar-refractivity contribution in [2.45, 2.75) is 44.1 Å². The molecular weight excluding hydrogens is 360 g/mol. The second kappa shape index (κ2) is 6.64. The zero-order valence-electron chi connectivity index (χ0n) is 16.2. The lowest BCUT2D eigenvalue weighted by atomic mass is 9.86. The minimum absolute atomic E-state index is 0.248. The summed E-state index contributed by atoms with van der Waals surface area (Å²) >= 11 is 0. The van der Waals surface area contributed by atoms with E-state index in [1.54, 1.807) is 24.3 Å². The van der Waals surface area contributed by atoms with Crippen molar-refractivity contribution in [3.63, 3.8) is 0 Å². The smallest absolute Gasteiger partial charge is 0.340 e. The Morgan fingerprint density at radius 2 is 1.41 bits per heavy atom. The van der Waals surface area contributed by atoms with E-state index in [-0.39, 0.29) is 10.9 Å². The van der Waals surface area contributed by atoms with Crippen molar-refractivity contribution in [2.24, 2.45) is 0 Å². The van der Waals surface area contributed by atoms with Crippen molar-refractivity contribution in [1.82, 2.24) is 0 Å². The van der Waals surface area contributed by atoms with Crippen LogP contribution in [0, 0.1) is 0 Å². The minimum Gasteiger partial charge on any atom is -0.451 e. The fourth-order valence-electron chi connectivity index (χ4n) is 3.39. The van der Waals surface area contributed by atoms with E-state index < -0.39 is 15.4 Å². The molecule has 2 aromatic rings. The summed E-state index contributed by atoms with van der Waals surface area (Å²) in [6.45, 7) is 7.94. The van der Waals surface area contributed by atoms with Gasteiger partial charge in [0.05, 0.1) is 10.5 Å². The molecule has 0 fully saturated rings. The number of sulfone groups is 1. The number of hydrogen-bond donors (Lipinski definition) is 0. The summed E-state index contributed by atoms with van der Waals surface area (Å²) in [5.41, 5.74) is 3.28.